The molecular formula is C26H33N3O4. The van der Waals surface area contributed by atoms with Gasteiger partial charge in [0.25, 0.3) is 5.91 Å². The third-order valence-electron chi connectivity index (χ3n) is 5.64. The molecule has 0 saturated heterocycles. The Hall–Kier alpha value is -3.48. The number of hydrogen-bond donors (Lipinski definition) is 2. The molecule has 2 N–H and O–H groups in total. The Kier molecular flexibility index (Phi) is 7.98. The van der Waals surface area contributed by atoms with Crippen molar-refractivity contribution in [3.63, 3.8) is 0 Å². The Bertz CT molecular complexity index is 1060. The number of unbranched alkanes of at least 4 members (excludes halogenated alkanes) is 2. The van der Waals surface area contributed by atoms with E-state index < -0.39 is 6.04 Å². The molecule has 7 heteroatoms. The molecule has 0 fully saturated rings. The number of aromatic nitrogens is 1. The molecule has 2 amide bonds. The second kappa shape index (κ2) is 10.9. The van der Waals surface area contributed by atoms with Gasteiger partial charge >= 0.3 is 0 Å². The number of anilines is 1. The van der Waals surface area contributed by atoms with Gasteiger partial charge < -0.3 is 24.7 Å². The van der Waals surface area contributed by atoms with Gasteiger partial charge in [-0.15, -0.1) is 0 Å². The predicted octanol–water partition coefficient (Wildman–Crippen LogP) is 4.84. The first kappa shape index (κ1) is 24.2. The Labute approximate surface area is 195 Å². The van der Waals surface area contributed by atoms with Gasteiger partial charge in [-0.25, -0.2) is 0 Å². The maximum Gasteiger partial charge on any atom is 0.268 e. The second-order valence-electron chi connectivity index (χ2n) is 8.18. The average Bonchev–Trinajstić information content (AvgIpc) is 3.26. The van der Waals surface area contributed by atoms with Crippen LogP contribution in [0.15, 0.2) is 42.5 Å². The standard InChI is InChI=1S/C26H33N3O4/c1-6-7-10-13-29(24-22(32-4)14-17(2)15-23(24)33-5)26(31)18(3)27-25(30)21-16-19-11-8-9-12-20(19)28-21/h8-9,11-12,14-16,18,28H,6-7,10,13H2,1-5H3,(H,27,30). The fraction of sp³-hybridized carbons (Fsp3) is 0.385. The number of rotatable bonds is 10. The number of fused-ring (bicyclic) bond motifs is 1. The van der Waals surface area contributed by atoms with Crippen LogP contribution in [0.2, 0.25) is 0 Å². The van der Waals surface area contributed by atoms with Crippen LogP contribution in [-0.4, -0.2) is 43.6 Å². The molecule has 0 radical (unpaired) electrons. The number of methoxy groups -OCH3 is 2. The van der Waals surface area contributed by atoms with E-state index in [1.807, 2.05) is 43.3 Å². The SMILES string of the molecule is CCCCCN(C(=O)C(C)NC(=O)c1cc2ccccc2[nH]1)c1c(OC)cc(C)cc1OC. The summed E-state index contributed by atoms with van der Waals surface area (Å²) in [5, 5.41) is 3.78. The third kappa shape index (κ3) is 5.48. The number of ether oxygens (including phenoxy) is 2. The summed E-state index contributed by atoms with van der Waals surface area (Å²) in [5.41, 5.74) is 2.84. The van der Waals surface area contributed by atoms with Crippen molar-refractivity contribution < 1.29 is 19.1 Å². The van der Waals surface area contributed by atoms with E-state index in [4.69, 9.17) is 9.47 Å². The van der Waals surface area contributed by atoms with Crippen molar-refractivity contribution in [1.82, 2.24) is 10.3 Å². The minimum atomic E-state index is -0.749. The molecule has 1 unspecified atom stereocenters. The normalized spacial score (nSPS) is 11.8. The number of para-hydroxylation sites is 1. The molecule has 2 aromatic carbocycles. The van der Waals surface area contributed by atoms with Gasteiger partial charge in [-0.2, -0.15) is 0 Å². The first-order valence-corrected chi connectivity index (χ1v) is 11.3. The van der Waals surface area contributed by atoms with Crippen LogP contribution in [0.3, 0.4) is 0 Å². The molecule has 0 aliphatic carbocycles. The van der Waals surface area contributed by atoms with Crippen molar-refractivity contribution in [1.29, 1.82) is 0 Å². The molecule has 3 aromatic rings. The van der Waals surface area contributed by atoms with Crippen LogP contribution in [0.4, 0.5) is 5.69 Å². The quantitative estimate of drug-likeness (QED) is 0.432. The fourth-order valence-electron chi connectivity index (χ4n) is 3.91. The van der Waals surface area contributed by atoms with E-state index in [1.165, 1.54) is 0 Å². The maximum atomic E-state index is 13.6. The molecule has 1 aromatic heterocycles. The molecule has 3 rings (SSSR count). The lowest BCUT2D eigenvalue weighted by Crippen LogP contribution is -2.47. The van der Waals surface area contributed by atoms with Gasteiger partial charge in [-0.1, -0.05) is 38.0 Å². The van der Waals surface area contributed by atoms with Crippen LogP contribution in [0, 0.1) is 6.92 Å². The monoisotopic (exact) mass is 451 g/mol. The second-order valence-corrected chi connectivity index (χ2v) is 8.18. The molecule has 176 valence electrons. The maximum absolute atomic E-state index is 13.6. The molecule has 0 saturated carbocycles. The van der Waals surface area contributed by atoms with Gasteiger partial charge in [0.15, 0.2) is 0 Å². The minimum absolute atomic E-state index is 0.226. The van der Waals surface area contributed by atoms with Gasteiger partial charge in [-0.3, -0.25) is 9.59 Å². The number of carbonyl (C=O) groups is 2. The molecular weight excluding hydrogens is 418 g/mol. The lowest BCUT2D eigenvalue weighted by molar-refractivity contribution is -0.120. The van der Waals surface area contributed by atoms with Gasteiger partial charge in [0, 0.05) is 17.4 Å². The van der Waals surface area contributed by atoms with Crippen LogP contribution in [0.1, 0.15) is 49.2 Å². The van der Waals surface area contributed by atoms with Crippen molar-refractivity contribution in [3.05, 3.63) is 53.7 Å². The van der Waals surface area contributed by atoms with Gasteiger partial charge in [0.2, 0.25) is 5.91 Å². The van der Waals surface area contributed by atoms with Crippen molar-refractivity contribution in [2.75, 3.05) is 25.7 Å². The largest absolute Gasteiger partial charge is 0.494 e. The number of hydrogen-bond acceptors (Lipinski definition) is 4. The highest BCUT2D eigenvalue weighted by atomic mass is 16.5. The molecule has 0 aliphatic heterocycles. The van der Waals surface area contributed by atoms with Gasteiger partial charge in [0.1, 0.15) is 28.9 Å². The van der Waals surface area contributed by atoms with Crippen LogP contribution >= 0.6 is 0 Å². The number of amides is 2. The van der Waals surface area contributed by atoms with Gasteiger partial charge in [0.05, 0.1) is 14.2 Å². The van der Waals surface area contributed by atoms with E-state index in [-0.39, 0.29) is 11.8 Å². The Balaban J connectivity index is 1.87. The highest BCUT2D eigenvalue weighted by molar-refractivity contribution is 6.04. The summed E-state index contributed by atoms with van der Waals surface area (Å²) in [6.07, 6.45) is 2.83. The lowest BCUT2D eigenvalue weighted by Gasteiger charge is -2.29. The van der Waals surface area contributed by atoms with Crippen LogP contribution in [-0.2, 0) is 4.79 Å². The van der Waals surface area contributed by atoms with Gasteiger partial charge in [-0.05, 0) is 50.1 Å². The first-order valence-electron chi connectivity index (χ1n) is 11.3. The van der Waals surface area contributed by atoms with E-state index in [0.717, 1.165) is 35.7 Å². The van der Waals surface area contributed by atoms with E-state index in [2.05, 4.69) is 17.2 Å². The Morgan fingerprint density at radius 2 is 1.73 bits per heavy atom. The number of benzene rings is 2. The number of nitrogens with one attached hydrogen (secondary N) is 2. The zero-order chi connectivity index (χ0) is 24.0. The summed E-state index contributed by atoms with van der Waals surface area (Å²) >= 11 is 0. The molecule has 0 aliphatic rings. The van der Waals surface area contributed by atoms with E-state index in [0.29, 0.717) is 29.4 Å². The van der Waals surface area contributed by atoms with Crippen molar-refractivity contribution in [2.24, 2.45) is 0 Å². The summed E-state index contributed by atoms with van der Waals surface area (Å²) in [6.45, 7) is 6.25. The zero-order valence-electron chi connectivity index (χ0n) is 20.0. The zero-order valence-corrected chi connectivity index (χ0v) is 20.0. The summed E-state index contributed by atoms with van der Waals surface area (Å²) in [4.78, 5) is 31.2. The predicted molar refractivity (Wildman–Crippen MR) is 131 cm³/mol. The van der Waals surface area contributed by atoms with Crippen LogP contribution < -0.4 is 19.7 Å². The Morgan fingerprint density at radius 3 is 2.33 bits per heavy atom. The highest BCUT2D eigenvalue weighted by Crippen LogP contribution is 2.39. The first-order chi connectivity index (χ1) is 15.9. The topological polar surface area (TPSA) is 83.7 Å². The lowest BCUT2D eigenvalue weighted by atomic mass is 10.1. The van der Waals surface area contributed by atoms with Crippen molar-refractivity contribution in [3.8, 4) is 11.5 Å². The summed E-state index contributed by atoms with van der Waals surface area (Å²) in [6, 6.07) is 12.5. The molecule has 0 bridgehead atoms. The van der Waals surface area contributed by atoms with E-state index in [9.17, 15) is 9.59 Å². The van der Waals surface area contributed by atoms with Crippen LogP contribution in [0.25, 0.3) is 10.9 Å². The van der Waals surface area contributed by atoms with E-state index >= 15 is 0 Å². The summed E-state index contributed by atoms with van der Waals surface area (Å²) in [5.74, 6) is 0.566. The Morgan fingerprint density at radius 1 is 1.06 bits per heavy atom. The van der Waals surface area contributed by atoms with Crippen molar-refractivity contribution >= 4 is 28.4 Å². The number of H-pyrrole nitrogens is 1. The average molecular weight is 452 g/mol. The van der Waals surface area contributed by atoms with Crippen LogP contribution in [0.5, 0.6) is 11.5 Å². The number of nitrogens with zero attached hydrogens (tertiary/aromatic N) is 1. The molecule has 1 atom stereocenters. The fourth-order valence-corrected chi connectivity index (χ4v) is 3.91. The molecule has 7 nitrogen and oxygen atoms in total. The summed E-state index contributed by atoms with van der Waals surface area (Å²) < 4.78 is 11.2. The highest BCUT2D eigenvalue weighted by Gasteiger charge is 2.28. The number of carbonyl (C=O) groups excluding carboxylic acids is 2. The van der Waals surface area contributed by atoms with Crippen molar-refractivity contribution in [2.45, 2.75) is 46.1 Å². The molecule has 1 heterocycles. The number of aryl methyl sites for hydroxylation is 1. The molecule has 33 heavy (non-hydrogen) atoms. The summed E-state index contributed by atoms with van der Waals surface area (Å²) in [7, 11) is 3.15. The molecule has 0 spiro atoms. The minimum Gasteiger partial charge on any atom is -0.494 e. The smallest absolute Gasteiger partial charge is 0.268 e. The number of aromatic amines is 1. The third-order valence-corrected chi connectivity index (χ3v) is 5.64. The van der Waals surface area contributed by atoms with E-state index in [1.54, 1.807) is 32.1 Å².